The number of ether oxygens (including phenoxy) is 1. The number of hydrogen-bond acceptors (Lipinski definition) is 5. The minimum absolute atomic E-state index is 0.103. The number of methoxy groups -OCH3 is 1. The van der Waals surface area contributed by atoms with Crippen molar-refractivity contribution in [2.45, 2.75) is 44.0 Å². The molecule has 42 heavy (non-hydrogen) atoms. The number of aromatic nitrogens is 2. The topological polar surface area (TPSA) is 81.5 Å². The van der Waals surface area contributed by atoms with Crippen LogP contribution >= 0.6 is 0 Å². The Bertz CT molecular complexity index is 1910. The zero-order chi connectivity index (χ0) is 30.2. The molecule has 0 aliphatic heterocycles. The van der Waals surface area contributed by atoms with E-state index < -0.39 is 16.1 Å². The molecular formula is C34H35N3O4S. The summed E-state index contributed by atoms with van der Waals surface area (Å²) in [6.07, 6.45) is 0. The largest absolute Gasteiger partial charge is 0.496 e. The molecule has 7 nitrogen and oxygen atoms in total. The fraction of sp³-hybridized carbons (Fsp3) is 0.235. The van der Waals surface area contributed by atoms with E-state index in [-0.39, 0.29) is 15.9 Å². The number of benzene rings is 4. The summed E-state index contributed by atoms with van der Waals surface area (Å²) >= 11 is 0. The van der Waals surface area contributed by atoms with Crippen LogP contribution in [0.3, 0.4) is 0 Å². The minimum atomic E-state index is -3.90. The minimum Gasteiger partial charge on any atom is -0.496 e. The van der Waals surface area contributed by atoms with Crippen molar-refractivity contribution < 1.29 is 13.2 Å². The third-order valence-corrected chi connectivity index (χ3v) is 9.60. The SMILES string of the molecule is COc1ccccc1-c1ccc(-n2c(C(C)N(C)S(=O)(=O)c3ccc(C(C)(C)C)cc3)nc3ccccc3c2=O)cc1. The monoisotopic (exact) mass is 581 g/mol. The second kappa shape index (κ2) is 11.2. The van der Waals surface area contributed by atoms with Gasteiger partial charge in [-0.3, -0.25) is 9.36 Å². The number of rotatable bonds is 7. The Kier molecular flexibility index (Phi) is 7.79. The van der Waals surface area contributed by atoms with E-state index >= 15 is 0 Å². The molecule has 0 fully saturated rings. The van der Waals surface area contributed by atoms with E-state index in [1.807, 2.05) is 66.7 Å². The summed E-state index contributed by atoms with van der Waals surface area (Å²) < 4.78 is 35.8. The van der Waals surface area contributed by atoms with E-state index in [0.717, 1.165) is 22.4 Å². The summed E-state index contributed by atoms with van der Waals surface area (Å²) in [6.45, 7) is 7.99. The lowest BCUT2D eigenvalue weighted by Gasteiger charge is -2.27. The lowest BCUT2D eigenvalue weighted by atomic mass is 9.87. The van der Waals surface area contributed by atoms with Crippen LogP contribution in [-0.4, -0.2) is 36.4 Å². The van der Waals surface area contributed by atoms with Crippen LogP contribution in [0.5, 0.6) is 5.75 Å². The molecule has 5 aromatic rings. The lowest BCUT2D eigenvalue weighted by molar-refractivity contribution is 0.379. The van der Waals surface area contributed by atoms with E-state index in [0.29, 0.717) is 22.4 Å². The highest BCUT2D eigenvalue weighted by molar-refractivity contribution is 7.89. The van der Waals surface area contributed by atoms with Gasteiger partial charge in [-0.15, -0.1) is 0 Å². The van der Waals surface area contributed by atoms with Gasteiger partial charge in [0.05, 0.1) is 34.6 Å². The van der Waals surface area contributed by atoms with Gasteiger partial charge in [0, 0.05) is 12.6 Å². The maximum atomic E-state index is 13.9. The third-order valence-electron chi connectivity index (χ3n) is 7.66. The van der Waals surface area contributed by atoms with Crippen molar-refractivity contribution in [3.63, 3.8) is 0 Å². The van der Waals surface area contributed by atoms with Crippen LogP contribution in [0.15, 0.2) is 107 Å². The van der Waals surface area contributed by atoms with Gasteiger partial charge in [-0.05, 0) is 65.9 Å². The summed E-state index contributed by atoms with van der Waals surface area (Å²) in [7, 11) is -0.748. The molecule has 0 aliphatic carbocycles. The summed E-state index contributed by atoms with van der Waals surface area (Å²) in [6, 6.07) is 28.5. The fourth-order valence-corrected chi connectivity index (χ4v) is 6.34. The number of fused-ring (bicyclic) bond motifs is 1. The van der Waals surface area contributed by atoms with E-state index in [9.17, 15) is 13.2 Å². The lowest BCUT2D eigenvalue weighted by Crippen LogP contribution is -2.35. The summed E-state index contributed by atoms with van der Waals surface area (Å²) in [5.41, 5.74) is 3.60. The Balaban J connectivity index is 1.60. The van der Waals surface area contributed by atoms with Crippen molar-refractivity contribution in [2.24, 2.45) is 0 Å². The highest BCUT2D eigenvalue weighted by Crippen LogP contribution is 2.32. The second-order valence-corrected chi connectivity index (χ2v) is 13.3. The van der Waals surface area contributed by atoms with Crippen LogP contribution in [0.2, 0.25) is 0 Å². The van der Waals surface area contributed by atoms with E-state index in [1.54, 1.807) is 44.4 Å². The van der Waals surface area contributed by atoms with E-state index in [1.165, 1.54) is 15.9 Å². The fourth-order valence-electron chi connectivity index (χ4n) is 5.02. The van der Waals surface area contributed by atoms with Crippen LogP contribution < -0.4 is 10.3 Å². The Hall–Kier alpha value is -4.27. The molecule has 1 aromatic heterocycles. The Morgan fingerprint density at radius 3 is 2.12 bits per heavy atom. The first-order chi connectivity index (χ1) is 19.9. The molecule has 5 rings (SSSR count). The van der Waals surface area contributed by atoms with Gasteiger partial charge >= 0.3 is 0 Å². The second-order valence-electron chi connectivity index (χ2n) is 11.3. The van der Waals surface area contributed by atoms with E-state index in [2.05, 4.69) is 20.8 Å². The van der Waals surface area contributed by atoms with Crippen molar-refractivity contribution in [3.8, 4) is 22.6 Å². The van der Waals surface area contributed by atoms with Gasteiger partial charge in [-0.2, -0.15) is 4.31 Å². The zero-order valence-corrected chi connectivity index (χ0v) is 25.5. The molecule has 0 radical (unpaired) electrons. The van der Waals surface area contributed by atoms with Crippen LogP contribution in [-0.2, 0) is 15.4 Å². The predicted molar refractivity (Wildman–Crippen MR) is 168 cm³/mol. The predicted octanol–water partition coefficient (Wildman–Crippen LogP) is 6.74. The van der Waals surface area contributed by atoms with Crippen LogP contribution in [0.25, 0.3) is 27.7 Å². The smallest absolute Gasteiger partial charge is 0.266 e. The quantitative estimate of drug-likeness (QED) is 0.213. The number of hydrogen-bond donors (Lipinski definition) is 0. The van der Waals surface area contributed by atoms with Crippen molar-refractivity contribution in [3.05, 3.63) is 119 Å². The van der Waals surface area contributed by atoms with Crippen molar-refractivity contribution in [2.75, 3.05) is 14.2 Å². The van der Waals surface area contributed by atoms with Gasteiger partial charge in [0.1, 0.15) is 11.6 Å². The standard InChI is InChI=1S/C34H35N3O4S/c1-23(36(5)42(39,40)27-21-17-25(18-22-27)34(2,3)4)32-35-30-13-9-7-12-29(30)33(38)37(32)26-19-15-24(16-20-26)28-11-8-10-14-31(28)41-6/h7-23H,1-6H3. The normalized spacial score (nSPS) is 12.9. The van der Waals surface area contributed by atoms with Crippen molar-refractivity contribution in [1.82, 2.24) is 13.9 Å². The molecule has 0 saturated carbocycles. The Labute approximate surface area is 247 Å². The first kappa shape index (κ1) is 29.2. The maximum Gasteiger partial charge on any atom is 0.266 e. The average molecular weight is 582 g/mol. The van der Waals surface area contributed by atoms with Gasteiger partial charge in [-0.1, -0.05) is 75.4 Å². The summed E-state index contributed by atoms with van der Waals surface area (Å²) in [4.78, 5) is 18.9. The van der Waals surface area contributed by atoms with Gasteiger partial charge in [-0.25, -0.2) is 13.4 Å². The molecule has 0 saturated heterocycles. The molecule has 8 heteroatoms. The first-order valence-corrected chi connectivity index (χ1v) is 15.2. The van der Waals surface area contributed by atoms with Crippen molar-refractivity contribution >= 4 is 20.9 Å². The van der Waals surface area contributed by atoms with Gasteiger partial charge in [0.15, 0.2) is 0 Å². The number of nitrogens with zero attached hydrogens (tertiary/aromatic N) is 3. The number of sulfonamides is 1. The molecule has 1 unspecified atom stereocenters. The molecule has 216 valence electrons. The molecule has 1 heterocycles. The molecule has 4 aromatic carbocycles. The molecule has 0 amide bonds. The summed E-state index contributed by atoms with van der Waals surface area (Å²) in [5, 5.41) is 0.450. The first-order valence-electron chi connectivity index (χ1n) is 13.8. The highest BCUT2D eigenvalue weighted by Gasteiger charge is 2.30. The molecule has 1 atom stereocenters. The van der Waals surface area contributed by atoms with Gasteiger partial charge in [0.2, 0.25) is 10.0 Å². The average Bonchev–Trinajstić information content (AvgIpc) is 3.00. The molecule has 0 bridgehead atoms. The molecular weight excluding hydrogens is 546 g/mol. The highest BCUT2D eigenvalue weighted by atomic mass is 32.2. The van der Waals surface area contributed by atoms with Crippen LogP contribution in [0, 0.1) is 0 Å². The third kappa shape index (κ3) is 5.35. The van der Waals surface area contributed by atoms with E-state index in [4.69, 9.17) is 9.72 Å². The van der Waals surface area contributed by atoms with Crippen molar-refractivity contribution in [1.29, 1.82) is 0 Å². The molecule has 0 spiro atoms. The molecule has 0 N–H and O–H groups in total. The maximum absolute atomic E-state index is 13.9. The summed E-state index contributed by atoms with van der Waals surface area (Å²) in [5.74, 6) is 1.06. The number of para-hydroxylation sites is 2. The van der Waals surface area contributed by atoms with Crippen LogP contribution in [0.1, 0.15) is 45.1 Å². The zero-order valence-electron chi connectivity index (χ0n) is 24.7. The van der Waals surface area contributed by atoms with Crippen LogP contribution in [0.4, 0.5) is 0 Å². The Morgan fingerprint density at radius 1 is 0.857 bits per heavy atom. The van der Waals surface area contributed by atoms with Gasteiger partial charge < -0.3 is 4.74 Å². The Morgan fingerprint density at radius 2 is 1.48 bits per heavy atom. The van der Waals surface area contributed by atoms with Gasteiger partial charge in [0.25, 0.3) is 5.56 Å². The molecule has 0 aliphatic rings.